The van der Waals surface area contributed by atoms with Crippen molar-refractivity contribution in [3.63, 3.8) is 0 Å². The SMILES string of the molecule is Cc1ccc(C(=O)N2CCN(C(=O)C3CCCN3)CC2)cc1.Cl. The van der Waals surface area contributed by atoms with Gasteiger partial charge >= 0.3 is 0 Å². The van der Waals surface area contributed by atoms with E-state index in [1.165, 1.54) is 0 Å². The molecule has 23 heavy (non-hydrogen) atoms. The molecular formula is C17H24ClN3O2. The number of carbonyl (C=O) groups excluding carboxylic acids is 2. The predicted octanol–water partition coefficient (Wildman–Crippen LogP) is 1.45. The molecule has 5 nitrogen and oxygen atoms in total. The number of aryl methyl sites for hydroxylation is 1. The standard InChI is InChI=1S/C17H23N3O2.ClH/c1-13-4-6-14(7-5-13)16(21)19-9-11-20(12-10-19)17(22)15-3-2-8-18-15;/h4-7,15,18H,2-3,8-12H2,1H3;1H. The summed E-state index contributed by atoms with van der Waals surface area (Å²) in [6.45, 7) is 5.44. The molecule has 2 heterocycles. The summed E-state index contributed by atoms with van der Waals surface area (Å²) in [7, 11) is 0. The van der Waals surface area contributed by atoms with Gasteiger partial charge in [0.15, 0.2) is 0 Å². The van der Waals surface area contributed by atoms with Crippen LogP contribution in [0.15, 0.2) is 24.3 Å². The Morgan fingerprint density at radius 3 is 2.22 bits per heavy atom. The van der Waals surface area contributed by atoms with Crippen LogP contribution in [-0.2, 0) is 4.79 Å². The highest BCUT2D eigenvalue weighted by Gasteiger charge is 2.30. The van der Waals surface area contributed by atoms with Crippen LogP contribution in [-0.4, -0.2) is 60.4 Å². The summed E-state index contributed by atoms with van der Waals surface area (Å²) in [6, 6.07) is 7.65. The highest BCUT2D eigenvalue weighted by atomic mass is 35.5. The first-order valence-electron chi connectivity index (χ1n) is 8.03. The van der Waals surface area contributed by atoms with Crippen molar-refractivity contribution in [2.24, 2.45) is 0 Å². The van der Waals surface area contributed by atoms with Crippen LogP contribution in [0, 0.1) is 6.92 Å². The number of halogens is 1. The Hall–Kier alpha value is -1.59. The first kappa shape index (κ1) is 17.8. The second-order valence-corrected chi connectivity index (χ2v) is 6.13. The van der Waals surface area contributed by atoms with E-state index in [0.717, 1.165) is 30.5 Å². The van der Waals surface area contributed by atoms with Gasteiger partial charge in [-0.2, -0.15) is 0 Å². The monoisotopic (exact) mass is 337 g/mol. The van der Waals surface area contributed by atoms with Crippen molar-refractivity contribution in [1.29, 1.82) is 0 Å². The Labute approximate surface area is 143 Å². The number of carbonyl (C=O) groups is 2. The van der Waals surface area contributed by atoms with Crippen LogP contribution in [0.1, 0.15) is 28.8 Å². The summed E-state index contributed by atoms with van der Waals surface area (Å²) in [4.78, 5) is 28.5. The van der Waals surface area contributed by atoms with Gasteiger partial charge in [-0.25, -0.2) is 0 Å². The summed E-state index contributed by atoms with van der Waals surface area (Å²) in [5.74, 6) is 0.256. The van der Waals surface area contributed by atoms with Gasteiger partial charge in [0.1, 0.15) is 0 Å². The number of hydrogen-bond donors (Lipinski definition) is 1. The summed E-state index contributed by atoms with van der Waals surface area (Å²) in [5.41, 5.74) is 1.87. The Balaban J connectivity index is 0.00000192. The van der Waals surface area contributed by atoms with Crippen molar-refractivity contribution in [3.05, 3.63) is 35.4 Å². The minimum Gasteiger partial charge on any atom is -0.338 e. The average Bonchev–Trinajstić information content (AvgIpc) is 3.09. The molecule has 1 N–H and O–H groups in total. The molecule has 2 aliphatic heterocycles. The lowest BCUT2D eigenvalue weighted by Gasteiger charge is -2.36. The maximum absolute atomic E-state index is 12.5. The third-order valence-corrected chi connectivity index (χ3v) is 4.54. The van der Waals surface area contributed by atoms with E-state index in [1.807, 2.05) is 41.0 Å². The van der Waals surface area contributed by atoms with Crippen LogP contribution in [0.5, 0.6) is 0 Å². The van der Waals surface area contributed by atoms with Crippen molar-refractivity contribution < 1.29 is 9.59 Å². The first-order valence-corrected chi connectivity index (χ1v) is 8.03. The van der Waals surface area contributed by atoms with Crippen molar-refractivity contribution >= 4 is 24.2 Å². The quantitative estimate of drug-likeness (QED) is 0.888. The van der Waals surface area contributed by atoms with Gasteiger partial charge in [-0.15, -0.1) is 12.4 Å². The van der Waals surface area contributed by atoms with E-state index in [2.05, 4.69) is 5.32 Å². The minimum absolute atomic E-state index is 0. The summed E-state index contributed by atoms with van der Waals surface area (Å²) in [6.07, 6.45) is 2.00. The molecule has 0 bridgehead atoms. The lowest BCUT2D eigenvalue weighted by Crippen LogP contribution is -2.54. The van der Waals surface area contributed by atoms with Crippen LogP contribution in [0.2, 0.25) is 0 Å². The first-order chi connectivity index (χ1) is 10.6. The second-order valence-electron chi connectivity index (χ2n) is 6.13. The molecule has 1 aromatic carbocycles. The van der Waals surface area contributed by atoms with E-state index in [4.69, 9.17) is 0 Å². The number of rotatable bonds is 2. The maximum atomic E-state index is 12.5. The van der Waals surface area contributed by atoms with Crippen molar-refractivity contribution in [3.8, 4) is 0 Å². The molecule has 0 aliphatic carbocycles. The molecule has 3 rings (SSSR count). The molecular weight excluding hydrogens is 314 g/mol. The van der Waals surface area contributed by atoms with Gasteiger partial charge in [0.05, 0.1) is 6.04 Å². The van der Waals surface area contributed by atoms with Crippen molar-refractivity contribution in [2.45, 2.75) is 25.8 Å². The number of hydrogen-bond acceptors (Lipinski definition) is 3. The highest BCUT2D eigenvalue weighted by molar-refractivity contribution is 5.94. The molecule has 1 atom stereocenters. The summed E-state index contributed by atoms with van der Waals surface area (Å²) in [5, 5.41) is 3.25. The molecule has 0 aromatic heterocycles. The van der Waals surface area contributed by atoms with E-state index < -0.39 is 0 Å². The van der Waals surface area contributed by atoms with Gasteiger partial charge in [-0.3, -0.25) is 9.59 Å². The fraction of sp³-hybridized carbons (Fsp3) is 0.529. The maximum Gasteiger partial charge on any atom is 0.253 e. The van der Waals surface area contributed by atoms with E-state index >= 15 is 0 Å². The van der Waals surface area contributed by atoms with E-state index in [0.29, 0.717) is 26.2 Å². The fourth-order valence-electron chi connectivity index (χ4n) is 3.12. The van der Waals surface area contributed by atoms with Crippen LogP contribution in [0.25, 0.3) is 0 Å². The molecule has 0 saturated carbocycles. The molecule has 2 fully saturated rings. The second kappa shape index (κ2) is 7.79. The molecule has 2 amide bonds. The molecule has 0 spiro atoms. The van der Waals surface area contributed by atoms with Gasteiger partial charge in [-0.05, 0) is 38.4 Å². The molecule has 126 valence electrons. The van der Waals surface area contributed by atoms with Gasteiger partial charge in [0.25, 0.3) is 5.91 Å². The fourth-order valence-corrected chi connectivity index (χ4v) is 3.12. The van der Waals surface area contributed by atoms with Gasteiger partial charge in [0.2, 0.25) is 5.91 Å². The zero-order chi connectivity index (χ0) is 15.5. The third kappa shape index (κ3) is 4.03. The third-order valence-electron chi connectivity index (χ3n) is 4.54. The number of benzene rings is 1. The van der Waals surface area contributed by atoms with E-state index in [1.54, 1.807) is 0 Å². The lowest BCUT2D eigenvalue weighted by molar-refractivity contribution is -0.134. The van der Waals surface area contributed by atoms with Crippen molar-refractivity contribution in [2.75, 3.05) is 32.7 Å². The van der Waals surface area contributed by atoms with Gasteiger partial charge < -0.3 is 15.1 Å². The lowest BCUT2D eigenvalue weighted by atomic mass is 10.1. The van der Waals surface area contributed by atoms with Gasteiger partial charge in [-0.1, -0.05) is 17.7 Å². The zero-order valence-electron chi connectivity index (χ0n) is 13.5. The molecule has 2 saturated heterocycles. The van der Waals surface area contributed by atoms with Crippen LogP contribution in [0.4, 0.5) is 0 Å². The average molecular weight is 338 g/mol. The van der Waals surface area contributed by atoms with Crippen LogP contribution >= 0.6 is 12.4 Å². The van der Waals surface area contributed by atoms with E-state index in [9.17, 15) is 9.59 Å². The molecule has 1 aromatic rings. The molecule has 1 unspecified atom stereocenters. The Morgan fingerprint density at radius 2 is 1.65 bits per heavy atom. The number of nitrogens with one attached hydrogen (secondary N) is 1. The minimum atomic E-state index is -0.0145. The van der Waals surface area contributed by atoms with Crippen molar-refractivity contribution in [1.82, 2.24) is 15.1 Å². The Bertz CT molecular complexity index is 547. The normalized spacial score (nSPS) is 21.0. The molecule has 0 radical (unpaired) electrons. The summed E-state index contributed by atoms with van der Waals surface area (Å²) < 4.78 is 0. The molecule has 2 aliphatic rings. The smallest absolute Gasteiger partial charge is 0.253 e. The number of amides is 2. The Kier molecular flexibility index (Phi) is 6.02. The topological polar surface area (TPSA) is 52.7 Å². The largest absolute Gasteiger partial charge is 0.338 e. The van der Waals surface area contributed by atoms with Crippen LogP contribution in [0.3, 0.4) is 0 Å². The zero-order valence-corrected chi connectivity index (χ0v) is 14.3. The Morgan fingerprint density at radius 1 is 1.04 bits per heavy atom. The van der Waals surface area contributed by atoms with Gasteiger partial charge in [0, 0.05) is 31.7 Å². The number of piperazine rings is 1. The predicted molar refractivity (Wildman–Crippen MR) is 91.9 cm³/mol. The van der Waals surface area contributed by atoms with E-state index in [-0.39, 0.29) is 30.3 Å². The molecule has 6 heteroatoms. The van der Waals surface area contributed by atoms with Crippen LogP contribution < -0.4 is 5.32 Å². The highest BCUT2D eigenvalue weighted by Crippen LogP contribution is 2.13. The summed E-state index contributed by atoms with van der Waals surface area (Å²) >= 11 is 0. The number of nitrogens with zero attached hydrogens (tertiary/aromatic N) is 2.